The van der Waals surface area contributed by atoms with Crippen molar-refractivity contribution in [3.63, 3.8) is 0 Å². The molecule has 0 saturated heterocycles. The van der Waals surface area contributed by atoms with Crippen LogP contribution in [0.1, 0.15) is 30.6 Å². The maximum Gasteiger partial charge on any atom is 0.363 e. The second kappa shape index (κ2) is 8.82. The number of benzene rings is 1. The van der Waals surface area contributed by atoms with Gasteiger partial charge in [0.25, 0.3) is 0 Å². The molecule has 32 heavy (non-hydrogen) atoms. The second-order valence-electron chi connectivity index (χ2n) is 7.92. The van der Waals surface area contributed by atoms with E-state index in [4.69, 9.17) is 14.5 Å². The maximum atomic E-state index is 12.4. The minimum absolute atomic E-state index is 0.226. The van der Waals surface area contributed by atoms with E-state index in [1.165, 1.54) is 9.36 Å². The molecular weight excluding hydrogens is 406 g/mol. The fraction of sp³-hybridized carbons (Fsp3) is 0.333. The van der Waals surface area contributed by atoms with Gasteiger partial charge in [0.2, 0.25) is 5.88 Å². The summed E-state index contributed by atoms with van der Waals surface area (Å²) < 4.78 is 14.3. The molecule has 0 radical (unpaired) electrons. The quantitative estimate of drug-likeness (QED) is 0.591. The summed E-state index contributed by atoms with van der Waals surface area (Å²) in [5.74, 6) is 1.37. The van der Waals surface area contributed by atoms with Crippen molar-refractivity contribution in [1.82, 2.24) is 24.8 Å². The average Bonchev–Trinajstić information content (AvgIpc) is 3.12. The summed E-state index contributed by atoms with van der Waals surface area (Å²) in [4.78, 5) is 17.1. The molecule has 1 aliphatic rings. The number of hydrogen-bond donors (Lipinski definition) is 0. The zero-order valence-electron chi connectivity index (χ0n) is 19.0. The van der Waals surface area contributed by atoms with Gasteiger partial charge in [0.05, 0.1) is 13.2 Å². The fourth-order valence-electron chi connectivity index (χ4n) is 3.98. The number of rotatable bonds is 6. The lowest BCUT2D eigenvalue weighted by Crippen LogP contribution is -2.30. The Morgan fingerprint density at radius 1 is 1.12 bits per heavy atom. The number of aromatic nitrogens is 5. The zero-order chi connectivity index (χ0) is 22.8. The first-order chi connectivity index (χ1) is 15.4. The van der Waals surface area contributed by atoms with E-state index >= 15 is 0 Å². The summed E-state index contributed by atoms with van der Waals surface area (Å²) in [7, 11) is 3.26. The van der Waals surface area contributed by atoms with Crippen molar-refractivity contribution < 1.29 is 9.47 Å². The van der Waals surface area contributed by atoms with Crippen LogP contribution in [0.4, 0.5) is 0 Å². The van der Waals surface area contributed by atoms with Crippen LogP contribution in [0.5, 0.6) is 11.6 Å². The summed E-state index contributed by atoms with van der Waals surface area (Å²) in [6.45, 7) is 6.27. The molecule has 2 aromatic heterocycles. The van der Waals surface area contributed by atoms with Crippen LogP contribution in [0.25, 0.3) is 11.1 Å². The Bertz CT molecular complexity index is 1270. The Morgan fingerprint density at radius 3 is 2.62 bits per heavy atom. The van der Waals surface area contributed by atoms with Crippen molar-refractivity contribution in [1.29, 1.82) is 0 Å². The zero-order valence-corrected chi connectivity index (χ0v) is 19.0. The van der Waals surface area contributed by atoms with Gasteiger partial charge in [-0.3, -0.25) is 0 Å². The lowest BCUT2D eigenvalue weighted by molar-refractivity contribution is 0.310. The maximum absolute atomic E-state index is 12.4. The predicted octanol–water partition coefficient (Wildman–Crippen LogP) is 3.56. The Hall–Kier alpha value is -3.68. The molecule has 0 saturated carbocycles. The fourth-order valence-corrected chi connectivity index (χ4v) is 3.98. The molecule has 8 heteroatoms. The topological polar surface area (TPSA) is 84.1 Å². The van der Waals surface area contributed by atoms with Crippen LogP contribution in [0.15, 0.2) is 58.4 Å². The monoisotopic (exact) mass is 433 g/mol. The summed E-state index contributed by atoms with van der Waals surface area (Å²) in [5.41, 5.74) is 5.57. The molecular formula is C24H27N5O3. The second-order valence-corrected chi connectivity index (χ2v) is 7.92. The lowest BCUT2D eigenvalue weighted by atomic mass is 9.94. The lowest BCUT2D eigenvalue weighted by Gasteiger charge is -2.24. The summed E-state index contributed by atoms with van der Waals surface area (Å²) >= 11 is 0. The smallest absolute Gasteiger partial charge is 0.363 e. The van der Waals surface area contributed by atoms with E-state index in [-0.39, 0.29) is 11.7 Å². The summed E-state index contributed by atoms with van der Waals surface area (Å²) in [6, 6.07) is 9.74. The minimum Gasteiger partial charge on any atom is -0.496 e. The Kier molecular flexibility index (Phi) is 5.94. The molecule has 166 valence electrons. The highest BCUT2D eigenvalue weighted by Crippen LogP contribution is 2.34. The van der Waals surface area contributed by atoms with Crippen LogP contribution in [0.2, 0.25) is 0 Å². The van der Waals surface area contributed by atoms with Crippen molar-refractivity contribution in [2.75, 3.05) is 13.7 Å². The third-order valence-corrected chi connectivity index (χ3v) is 5.79. The van der Waals surface area contributed by atoms with Crippen molar-refractivity contribution in [2.45, 2.75) is 33.2 Å². The van der Waals surface area contributed by atoms with E-state index in [1.807, 2.05) is 57.2 Å². The molecule has 8 nitrogen and oxygen atoms in total. The molecule has 1 atom stereocenters. The number of allylic oxidation sites excluding steroid dienone is 3. The molecule has 1 aromatic carbocycles. The number of pyridine rings is 1. The van der Waals surface area contributed by atoms with Crippen molar-refractivity contribution in [2.24, 2.45) is 7.05 Å². The van der Waals surface area contributed by atoms with Crippen LogP contribution >= 0.6 is 0 Å². The van der Waals surface area contributed by atoms with Crippen LogP contribution in [0.3, 0.4) is 0 Å². The van der Waals surface area contributed by atoms with Gasteiger partial charge in [-0.15, -0.1) is 0 Å². The highest BCUT2D eigenvalue weighted by atomic mass is 16.5. The van der Waals surface area contributed by atoms with E-state index in [2.05, 4.69) is 16.5 Å². The van der Waals surface area contributed by atoms with Crippen LogP contribution in [0, 0.1) is 13.8 Å². The van der Waals surface area contributed by atoms with Gasteiger partial charge in [-0.25, -0.2) is 9.78 Å². The van der Waals surface area contributed by atoms with Gasteiger partial charge in [0.1, 0.15) is 12.4 Å². The highest BCUT2D eigenvalue weighted by Gasteiger charge is 2.25. The van der Waals surface area contributed by atoms with E-state index in [0.29, 0.717) is 18.9 Å². The predicted molar refractivity (Wildman–Crippen MR) is 122 cm³/mol. The SMILES string of the molecule is COc1ccccc1-c1cc(C)c(OCC2=C(C)C=CCC2n2nnn(C)c2=O)nc1C. The molecule has 3 aromatic rings. The Morgan fingerprint density at radius 2 is 1.91 bits per heavy atom. The molecule has 0 spiro atoms. The van der Waals surface area contributed by atoms with Crippen molar-refractivity contribution in [3.05, 3.63) is 75.4 Å². The van der Waals surface area contributed by atoms with Crippen molar-refractivity contribution >= 4 is 0 Å². The van der Waals surface area contributed by atoms with Gasteiger partial charge in [0.15, 0.2) is 0 Å². The molecule has 0 bridgehead atoms. The number of nitrogens with zero attached hydrogens (tertiary/aromatic N) is 5. The Labute approximate surface area is 186 Å². The van der Waals surface area contributed by atoms with E-state index in [1.54, 1.807) is 14.2 Å². The molecule has 1 unspecified atom stereocenters. The van der Waals surface area contributed by atoms with Crippen LogP contribution in [-0.4, -0.2) is 38.5 Å². The third kappa shape index (κ3) is 3.95. The highest BCUT2D eigenvalue weighted by molar-refractivity contribution is 5.73. The standard InChI is InChI=1S/C24H27N5O3/c1-15-9-8-11-21(29-24(30)28(4)26-27-29)20(15)14-32-23-16(2)13-19(17(3)25-23)18-10-6-7-12-22(18)31-5/h6-10,12-13,21H,11,14H2,1-5H3. The molecule has 0 aliphatic heterocycles. The number of ether oxygens (including phenoxy) is 2. The normalized spacial score (nSPS) is 15.8. The molecule has 0 N–H and O–H groups in total. The summed E-state index contributed by atoms with van der Waals surface area (Å²) in [5, 5.41) is 7.89. The van der Waals surface area contributed by atoms with Gasteiger partial charge in [0, 0.05) is 29.4 Å². The van der Waals surface area contributed by atoms with Gasteiger partial charge in [-0.2, -0.15) is 9.36 Å². The number of tetrazole rings is 1. The van der Waals surface area contributed by atoms with Crippen molar-refractivity contribution in [3.8, 4) is 22.8 Å². The molecule has 1 aliphatic carbocycles. The Balaban J connectivity index is 1.62. The molecule has 0 fully saturated rings. The summed E-state index contributed by atoms with van der Waals surface area (Å²) in [6.07, 6.45) is 4.75. The van der Waals surface area contributed by atoms with E-state index in [0.717, 1.165) is 39.3 Å². The number of hydrogen-bond acceptors (Lipinski definition) is 6. The van der Waals surface area contributed by atoms with Gasteiger partial charge >= 0.3 is 5.69 Å². The molecule has 4 rings (SSSR count). The van der Waals surface area contributed by atoms with Crippen LogP contribution in [-0.2, 0) is 7.05 Å². The minimum atomic E-state index is -0.248. The first-order valence-corrected chi connectivity index (χ1v) is 10.5. The van der Waals surface area contributed by atoms with Crippen LogP contribution < -0.4 is 15.2 Å². The van der Waals surface area contributed by atoms with E-state index in [9.17, 15) is 4.79 Å². The first kappa shape index (κ1) is 21.5. The average molecular weight is 434 g/mol. The molecule has 0 amide bonds. The largest absolute Gasteiger partial charge is 0.496 e. The number of para-hydroxylation sites is 1. The number of methoxy groups -OCH3 is 1. The van der Waals surface area contributed by atoms with Gasteiger partial charge < -0.3 is 9.47 Å². The third-order valence-electron chi connectivity index (χ3n) is 5.79. The number of aryl methyl sites for hydroxylation is 3. The first-order valence-electron chi connectivity index (χ1n) is 10.5. The molecule has 2 heterocycles. The van der Waals surface area contributed by atoms with E-state index < -0.39 is 0 Å². The van der Waals surface area contributed by atoms with Gasteiger partial charge in [-0.1, -0.05) is 30.4 Å². The van der Waals surface area contributed by atoms with Gasteiger partial charge in [-0.05, 0) is 60.9 Å².